The third-order valence-corrected chi connectivity index (χ3v) is 2.26. The normalized spacial score (nSPS) is 19.3. The lowest BCUT2D eigenvalue weighted by atomic mass is 10.2. The number of nitrogens with zero attached hydrogens (tertiary/aromatic N) is 1. The molecule has 18 heavy (non-hydrogen) atoms. The van der Waals surface area contributed by atoms with E-state index in [0.717, 1.165) is 0 Å². The first-order valence-electron chi connectivity index (χ1n) is 5.25. The second-order valence-corrected chi connectivity index (χ2v) is 3.66. The summed E-state index contributed by atoms with van der Waals surface area (Å²) in [5.74, 6) is -0.0968. The molecule has 1 atom stereocenters. The molecule has 0 bridgehead atoms. The smallest absolute Gasteiger partial charge is 0.330 e. The number of benzene rings is 1. The van der Waals surface area contributed by atoms with Gasteiger partial charge in [0.25, 0.3) is 0 Å². The molecular formula is C10H13N5O3. The molecule has 1 aromatic rings. The average molecular weight is 251 g/mol. The predicted octanol–water partition coefficient (Wildman–Crippen LogP) is -0.835. The summed E-state index contributed by atoms with van der Waals surface area (Å²) in [6.45, 7) is 0.463. The van der Waals surface area contributed by atoms with Gasteiger partial charge in [0.2, 0.25) is 0 Å². The zero-order valence-electron chi connectivity index (χ0n) is 9.34. The number of aromatic hydroxyl groups is 2. The van der Waals surface area contributed by atoms with Gasteiger partial charge in [-0.25, -0.2) is 10.2 Å². The minimum absolute atomic E-state index is 0.0209. The van der Waals surface area contributed by atoms with Crippen LogP contribution in [-0.4, -0.2) is 35.2 Å². The molecule has 2 amide bonds. The first kappa shape index (κ1) is 12.0. The first-order chi connectivity index (χ1) is 8.65. The van der Waals surface area contributed by atoms with Gasteiger partial charge in [-0.3, -0.25) is 10.9 Å². The van der Waals surface area contributed by atoms with Crippen LogP contribution in [0.5, 0.6) is 11.5 Å². The summed E-state index contributed by atoms with van der Waals surface area (Å²) in [6.07, 6.45) is 1.05. The van der Waals surface area contributed by atoms with E-state index in [4.69, 9.17) is 5.11 Å². The first-order valence-corrected chi connectivity index (χ1v) is 5.25. The van der Waals surface area contributed by atoms with Gasteiger partial charge in [-0.2, -0.15) is 5.10 Å². The molecule has 0 aromatic heterocycles. The molecule has 1 fully saturated rings. The zero-order valence-corrected chi connectivity index (χ0v) is 9.34. The fourth-order valence-electron chi connectivity index (χ4n) is 1.39. The van der Waals surface area contributed by atoms with Gasteiger partial charge in [0, 0.05) is 11.6 Å². The van der Waals surface area contributed by atoms with Crippen LogP contribution in [0.1, 0.15) is 5.56 Å². The molecule has 0 spiro atoms. The van der Waals surface area contributed by atoms with Crippen LogP contribution in [0.25, 0.3) is 0 Å². The Labute approximate surface area is 103 Å². The van der Waals surface area contributed by atoms with E-state index in [0.29, 0.717) is 12.1 Å². The molecule has 1 aromatic carbocycles. The van der Waals surface area contributed by atoms with Crippen LogP contribution in [0.4, 0.5) is 4.79 Å². The lowest BCUT2D eigenvalue weighted by Crippen LogP contribution is -2.62. The van der Waals surface area contributed by atoms with Crippen LogP contribution in [0.3, 0.4) is 0 Å². The van der Waals surface area contributed by atoms with E-state index < -0.39 is 0 Å². The van der Waals surface area contributed by atoms with Gasteiger partial charge in [0.1, 0.15) is 17.7 Å². The molecule has 1 saturated heterocycles. The van der Waals surface area contributed by atoms with Crippen LogP contribution in [0.15, 0.2) is 23.3 Å². The Balaban J connectivity index is 1.92. The van der Waals surface area contributed by atoms with Crippen molar-refractivity contribution in [1.82, 2.24) is 21.6 Å². The maximum Gasteiger partial charge on any atom is 0.330 e. The van der Waals surface area contributed by atoms with E-state index in [1.165, 1.54) is 24.4 Å². The minimum Gasteiger partial charge on any atom is -0.508 e. The highest BCUT2D eigenvalue weighted by molar-refractivity contribution is 5.83. The molecule has 0 aliphatic carbocycles. The summed E-state index contributed by atoms with van der Waals surface area (Å²) < 4.78 is 0. The fraction of sp³-hybridized carbons (Fsp3) is 0.200. The topological polar surface area (TPSA) is 118 Å². The van der Waals surface area contributed by atoms with Gasteiger partial charge >= 0.3 is 6.03 Å². The molecule has 0 saturated carbocycles. The Morgan fingerprint density at radius 2 is 2.28 bits per heavy atom. The molecular weight excluding hydrogens is 238 g/mol. The maximum atomic E-state index is 11.0. The monoisotopic (exact) mass is 251 g/mol. The Kier molecular flexibility index (Phi) is 3.49. The number of carbonyl (C=O) groups is 1. The highest BCUT2D eigenvalue weighted by atomic mass is 16.3. The van der Waals surface area contributed by atoms with Crippen molar-refractivity contribution in [3.63, 3.8) is 0 Å². The highest BCUT2D eigenvalue weighted by Crippen LogP contribution is 2.20. The number of phenolic OH excluding ortho intramolecular Hbond substituents is 2. The largest absolute Gasteiger partial charge is 0.508 e. The van der Waals surface area contributed by atoms with Gasteiger partial charge in [0.15, 0.2) is 0 Å². The molecule has 8 nitrogen and oxygen atoms in total. The van der Waals surface area contributed by atoms with Crippen molar-refractivity contribution in [2.24, 2.45) is 5.10 Å². The van der Waals surface area contributed by atoms with Crippen LogP contribution in [0, 0.1) is 0 Å². The number of phenols is 2. The SMILES string of the molecule is O=C1NNCC(N/N=C/c2ccc(O)cc2O)N1. The third-order valence-electron chi connectivity index (χ3n) is 2.26. The number of rotatable bonds is 3. The molecule has 1 heterocycles. The zero-order chi connectivity index (χ0) is 13.0. The maximum absolute atomic E-state index is 11.0. The molecule has 1 aliphatic rings. The average Bonchev–Trinajstić information content (AvgIpc) is 2.32. The number of urea groups is 1. The molecule has 8 heteroatoms. The van der Waals surface area contributed by atoms with E-state index in [2.05, 4.69) is 26.7 Å². The number of nitrogens with one attached hydrogen (secondary N) is 4. The number of hydrogen-bond donors (Lipinski definition) is 6. The molecule has 1 unspecified atom stereocenters. The van der Waals surface area contributed by atoms with Crippen LogP contribution >= 0.6 is 0 Å². The Bertz CT molecular complexity index is 477. The van der Waals surface area contributed by atoms with Crippen molar-refractivity contribution >= 4 is 12.2 Å². The number of hydrazine groups is 1. The standard InChI is InChI=1S/C10H13N5O3/c16-7-2-1-6(8(17)3-7)4-11-14-9-5-12-15-10(18)13-9/h1-4,9,12,14,16-17H,5H2,(H2,13,15,18)/b11-4+. The Morgan fingerprint density at radius 1 is 1.44 bits per heavy atom. The molecule has 1 aliphatic heterocycles. The highest BCUT2D eigenvalue weighted by Gasteiger charge is 2.15. The van der Waals surface area contributed by atoms with Gasteiger partial charge in [-0.05, 0) is 12.1 Å². The van der Waals surface area contributed by atoms with E-state index in [9.17, 15) is 9.90 Å². The third kappa shape index (κ3) is 3.01. The van der Waals surface area contributed by atoms with Crippen molar-refractivity contribution in [2.75, 3.05) is 6.54 Å². The second-order valence-electron chi connectivity index (χ2n) is 3.66. The van der Waals surface area contributed by atoms with E-state index in [1.54, 1.807) is 0 Å². The van der Waals surface area contributed by atoms with E-state index in [-0.39, 0.29) is 23.7 Å². The van der Waals surface area contributed by atoms with Gasteiger partial charge in [-0.15, -0.1) is 0 Å². The summed E-state index contributed by atoms with van der Waals surface area (Å²) in [5.41, 5.74) is 8.20. The van der Waals surface area contributed by atoms with Crippen LogP contribution in [-0.2, 0) is 0 Å². The van der Waals surface area contributed by atoms with Gasteiger partial charge < -0.3 is 15.5 Å². The van der Waals surface area contributed by atoms with Gasteiger partial charge in [-0.1, -0.05) is 0 Å². The van der Waals surface area contributed by atoms with Crippen molar-refractivity contribution in [3.8, 4) is 11.5 Å². The summed E-state index contributed by atoms with van der Waals surface area (Å²) in [4.78, 5) is 11.0. The summed E-state index contributed by atoms with van der Waals surface area (Å²) in [7, 11) is 0. The van der Waals surface area contributed by atoms with Crippen molar-refractivity contribution in [1.29, 1.82) is 0 Å². The second kappa shape index (κ2) is 5.23. The molecule has 0 radical (unpaired) electrons. The predicted molar refractivity (Wildman–Crippen MR) is 64.0 cm³/mol. The summed E-state index contributed by atoms with van der Waals surface area (Å²) in [5, 5.41) is 25.1. The Hall–Kier alpha value is -2.48. The summed E-state index contributed by atoms with van der Waals surface area (Å²) >= 11 is 0. The van der Waals surface area contributed by atoms with E-state index in [1.807, 2.05) is 0 Å². The molecule has 2 rings (SSSR count). The number of hydrazone groups is 1. The van der Waals surface area contributed by atoms with Crippen LogP contribution in [0.2, 0.25) is 0 Å². The van der Waals surface area contributed by atoms with Crippen molar-refractivity contribution < 1.29 is 15.0 Å². The number of amides is 2. The lowest BCUT2D eigenvalue weighted by Gasteiger charge is -2.24. The number of carbonyl (C=O) groups excluding carboxylic acids is 1. The van der Waals surface area contributed by atoms with Crippen LogP contribution < -0.4 is 21.6 Å². The quantitative estimate of drug-likeness (QED) is 0.309. The molecule has 96 valence electrons. The van der Waals surface area contributed by atoms with E-state index >= 15 is 0 Å². The Morgan fingerprint density at radius 3 is 3.00 bits per heavy atom. The van der Waals surface area contributed by atoms with Crippen molar-refractivity contribution in [2.45, 2.75) is 6.17 Å². The lowest BCUT2D eigenvalue weighted by molar-refractivity contribution is 0.217. The molecule has 6 N–H and O–H groups in total. The van der Waals surface area contributed by atoms with Gasteiger partial charge in [0.05, 0.1) is 12.8 Å². The van der Waals surface area contributed by atoms with Crippen molar-refractivity contribution in [3.05, 3.63) is 23.8 Å². The summed E-state index contributed by atoms with van der Waals surface area (Å²) in [6, 6.07) is 3.83. The number of hydrogen-bond acceptors (Lipinski definition) is 6. The fourth-order valence-corrected chi connectivity index (χ4v) is 1.39. The minimum atomic E-state index is -0.346.